The van der Waals surface area contributed by atoms with Crippen molar-refractivity contribution in [1.82, 2.24) is 14.8 Å². The number of nitrogens with one attached hydrogen (secondary N) is 1. The van der Waals surface area contributed by atoms with Gasteiger partial charge in [0.2, 0.25) is 0 Å². The zero-order valence-corrected chi connectivity index (χ0v) is 23.3. The summed E-state index contributed by atoms with van der Waals surface area (Å²) in [6.45, 7) is 6.93. The van der Waals surface area contributed by atoms with Crippen LogP contribution in [0.2, 0.25) is 0 Å². The highest BCUT2D eigenvalue weighted by Crippen LogP contribution is 2.27. The van der Waals surface area contributed by atoms with Crippen molar-refractivity contribution in [2.24, 2.45) is 0 Å². The minimum atomic E-state index is -0.334. The molecule has 0 atom stereocenters. The van der Waals surface area contributed by atoms with Gasteiger partial charge in [0.05, 0.1) is 24.7 Å². The Hall–Kier alpha value is -3.88. The van der Waals surface area contributed by atoms with E-state index in [0.717, 1.165) is 59.8 Å². The third-order valence-corrected chi connectivity index (χ3v) is 7.76. The van der Waals surface area contributed by atoms with Gasteiger partial charge in [-0.1, -0.05) is 30.3 Å². The lowest BCUT2D eigenvalue weighted by Gasteiger charge is -2.32. The Bertz CT molecular complexity index is 1460. The summed E-state index contributed by atoms with van der Waals surface area (Å²) in [5, 5.41) is 3.40. The number of fused-ring (bicyclic) bond motifs is 1. The maximum absolute atomic E-state index is 14.9. The normalized spacial score (nSPS) is 15.4. The number of rotatable bonds is 9. The number of nitrogens with zero attached hydrogens (tertiary/aromatic N) is 3. The van der Waals surface area contributed by atoms with E-state index in [-0.39, 0.29) is 24.0 Å². The van der Waals surface area contributed by atoms with Crippen LogP contribution in [-0.4, -0.2) is 66.9 Å². The van der Waals surface area contributed by atoms with Gasteiger partial charge in [-0.3, -0.25) is 14.7 Å². The summed E-state index contributed by atoms with van der Waals surface area (Å²) < 4.78 is 19.7. The van der Waals surface area contributed by atoms with E-state index in [0.29, 0.717) is 36.2 Å². The van der Waals surface area contributed by atoms with E-state index in [9.17, 15) is 14.0 Å². The number of carbonyl (C=O) groups is 2. The number of ether oxygens (including phenoxy) is 1. The number of esters is 1. The average molecular weight is 543 g/mol. The number of ketones is 1. The van der Waals surface area contributed by atoms with Crippen LogP contribution < -0.4 is 5.32 Å². The van der Waals surface area contributed by atoms with Crippen LogP contribution in [0.15, 0.2) is 54.2 Å². The number of likely N-dealkylation sites (N-methyl/N-ethyl adjacent to an activating group) is 1. The molecule has 5 rings (SSSR count). The minimum absolute atomic E-state index is 0.108. The van der Waals surface area contributed by atoms with Crippen molar-refractivity contribution in [3.8, 4) is 0 Å². The molecule has 7 nitrogen and oxygen atoms in total. The van der Waals surface area contributed by atoms with E-state index >= 15 is 0 Å². The number of aromatic nitrogens is 1. The number of anilines is 1. The van der Waals surface area contributed by atoms with Crippen LogP contribution in [0.5, 0.6) is 0 Å². The Morgan fingerprint density at radius 1 is 1.05 bits per heavy atom. The molecule has 3 aromatic rings. The topological polar surface area (TPSA) is 74.8 Å². The zero-order valence-electron chi connectivity index (χ0n) is 23.3. The van der Waals surface area contributed by atoms with E-state index in [1.165, 1.54) is 13.2 Å². The molecule has 2 heterocycles. The molecule has 0 saturated carbocycles. The number of hydrogen-bond acceptors (Lipinski definition) is 7. The predicted molar refractivity (Wildman–Crippen MR) is 154 cm³/mol. The molecule has 1 saturated heterocycles. The summed E-state index contributed by atoms with van der Waals surface area (Å²) in [7, 11) is 3.47. The number of benzene rings is 2. The molecule has 0 unspecified atom stereocenters. The lowest BCUT2D eigenvalue weighted by atomic mass is 9.98. The largest absolute Gasteiger partial charge is 0.466 e. The highest BCUT2D eigenvalue weighted by Gasteiger charge is 2.21. The fraction of sp³-hybridized carbons (Fsp3) is 0.344. The Balaban J connectivity index is 1.21. The van der Waals surface area contributed by atoms with Gasteiger partial charge in [0.15, 0.2) is 5.78 Å². The second kappa shape index (κ2) is 12.1. The molecular weight excluding hydrogens is 507 g/mol. The summed E-state index contributed by atoms with van der Waals surface area (Å²) in [4.78, 5) is 33.9. The van der Waals surface area contributed by atoms with Crippen LogP contribution in [0, 0.1) is 12.7 Å². The quantitative estimate of drug-likeness (QED) is 0.317. The van der Waals surface area contributed by atoms with Crippen molar-refractivity contribution >= 4 is 23.5 Å². The Labute approximate surface area is 234 Å². The smallest absolute Gasteiger partial charge is 0.334 e. The van der Waals surface area contributed by atoms with E-state index in [2.05, 4.69) is 27.1 Å². The zero-order chi connectivity index (χ0) is 28.2. The van der Waals surface area contributed by atoms with Gasteiger partial charge in [0.25, 0.3) is 0 Å². The molecule has 2 aliphatic rings. The molecular formula is C32H35FN4O3. The van der Waals surface area contributed by atoms with Crippen molar-refractivity contribution < 1.29 is 18.7 Å². The molecule has 1 aliphatic heterocycles. The number of hydrogen-bond donors (Lipinski definition) is 1. The lowest BCUT2D eigenvalue weighted by molar-refractivity contribution is -0.136. The van der Waals surface area contributed by atoms with E-state index in [1.54, 1.807) is 18.3 Å². The van der Waals surface area contributed by atoms with E-state index < -0.39 is 0 Å². The van der Waals surface area contributed by atoms with Crippen molar-refractivity contribution in [2.75, 3.05) is 45.7 Å². The van der Waals surface area contributed by atoms with E-state index in [4.69, 9.17) is 4.74 Å². The van der Waals surface area contributed by atoms with Crippen LogP contribution in [0.25, 0.3) is 6.08 Å². The van der Waals surface area contributed by atoms with Gasteiger partial charge >= 0.3 is 5.97 Å². The Morgan fingerprint density at radius 3 is 2.60 bits per heavy atom. The third kappa shape index (κ3) is 6.46. The lowest BCUT2D eigenvalue weighted by Crippen LogP contribution is -2.44. The number of piperazine rings is 1. The number of halogens is 1. The SMILES string of the molecule is COC(=O)C1=Cc2cc(NCc3cc(CC(=O)c4ccc(CN5CCN(C)CC5)c(F)c4)ccc3C)cnc2C1. The highest BCUT2D eigenvalue weighted by molar-refractivity contribution is 5.97. The molecule has 40 heavy (non-hydrogen) atoms. The fourth-order valence-electron chi connectivity index (χ4n) is 5.17. The van der Waals surface area contributed by atoms with Crippen LogP contribution >= 0.6 is 0 Å². The maximum Gasteiger partial charge on any atom is 0.334 e. The van der Waals surface area contributed by atoms with Crippen LogP contribution in [0.4, 0.5) is 10.1 Å². The molecule has 1 aromatic heterocycles. The minimum Gasteiger partial charge on any atom is -0.466 e. The molecule has 1 aliphatic carbocycles. The highest BCUT2D eigenvalue weighted by atomic mass is 19.1. The van der Waals surface area contributed by atoms with Gasteiger partial charge in [0, 0.05) is 68.8 Å². The molecule has 1 N–H and O–H groups in total. The Morgan fingerprint density at radius 2 is 1.85 bits per heavy atom. The van der Waals surface area contributed by atoms with Crippen molar-refractivity contribution in [1.29, 1.82) is 0 Å². The van der Waals surface area contributed by atoms with Gasteiger partial charge < -0.3 is 15.0 Å². The maximum atomic E-state index is 14.9. The third-order valence-electron chi connectivity index (χ3n) is 7.76. The summed E-state index contributed by atoms with van der Waals surface area (Å²) in [5.74, 6) is -0.766. The number of pyridine rings is 1. The summed E-state index contributed by atoms with van der Waals surface area (Å²) in [6.07, 6.45) is 4.25. The molecule has 8 heteroatoms. The summed E-state index contributed by atoms with van der Waals surface area (Å²) in [6, 6.07) is 12.8. The molecule has 1 fully saturated rings. The summed E-state index contributed by atoms with van der Waals surface area (Å²) in [5.41, 5.74) is 7.26. The average Bonchev–Trinajstić information content (AvgIpc) is 3.38. The first-order valence-electron chi connectivity index (χ1n) is 13.6. The van der Waals surface area contributed by atoms with Crippen LogP contribution in [-0.2, 0) is 35.5 Å². The fourth-order valence-corrected chi connectivity index (χ4v) is 5.17. The van der Waals surface area contributed by atoms with Crippen molar-refractivity contribution in [3.63, 3.8) is 0 Å². The first-order valence-corrected chi connectivity index (χ1v) is 13.6. The van der Waals surface area contributed by atoms with Crippen molar-refractivity contribution in [2.45, 2.75) is 32.9 Å². The van der Waals surface area contributed by atoms with Crippen LogP contribution in [0.3, 0.4) is 0 Å². The monoisotopic (exact) mass is 542 g/mol. The first-order chi connectivity index (χ1) is 19.3. The molecule has 2 aromatic carbocycles. The summed E-state index contributed by atoms with van der Waals surface area (Å²) >= 11 is 0. The van der Waals surface area contributed by atoms with E-state index in [1.807, 2.05) is 37.3 Å². The van der Waals surface area contributed by atoms with Gasteiger partial charge in [-0.05, 0) is 54.4 Å². The molecule has 208 valence electrons. The van der Waals surface area contributed by atoms with Crippen LogP contribution in [0.1, 0.15) is 43.9 Å². The standard InChI is InChI=1S/C32H35FN4O3/c1-21-4-5-22(12-27(21)18-34-28-15-25-14-26(32(39)40-3)17-30(25)35-19-28)13-31(38)23-6-7-24(29(33)16-23)20-37-10-8-36(2)9-11-37/h4-7,12,14-16,19,34H,8-11,13,17-18,20H2,1-3H3. The van der Waals surface area contributed by atoms with Crippen molar-refractivity contribution in [3.05, 3.63) is 99.1 Å². The molecule has 0 spiro atoms. The van der Waals surface area contributed by atoms with Gasteiger partial charge in [-0.25, -0.2) is 9.18 Å². The second-order valence-corrected chi connectivity index (χ2v) is 10.7. The number of carbonyl (C=O) groups excluding carboxylic acids is 2. The van der Waals surface area contributed by atoms with Gasteiger partial charge in [0.1, 0.15) is 5.82 Å². The van der Waals surface area contributed by atoms with Gasteiger partial charge in [-0.2, -0.15) is 0 Å². The first kappa shape index (κ1) is 27.7. The predicted octanol–water partition coefficient (Wildman–Crippen LogP) is 4.43. The number of aryl methyl sites for hydroxylation is 1. The molecule has 0 radical (unpaired) electrons. The number of methoxy groups -OCH3 is 1. The second-order valence-electron chi connectivity index (χ2n) is 10.7. The molecule has 0 bridgehead atoms. The van der Waals surface area contributed by atoms with Gasteiger partial charge in [-0.15, -0.1) is 0 Å². The number of Topliss-reactive ketones (excluding diaryl/α,β-unsaturated/α-hetero) is 1. The molecule has 0 amide bonds. The Kier molecular flexibility index (Phi) is 8.38.